The molecular weight excluding hydrogens is 412 g/mol. The quantitative estimate of drug-likeness (QED) is 0.587. The lowest BCUT2D eigenvalue weighted by atomic mass is 10.1. The highest BCUT2D eigenvalue weighted by molar-refractivity contribution is 9.10. The second kappa shape index (κ2) is 10.7. The SMILES string of the molecule is CCOc1ccc(Br)cc1C(=O)Nc1ccccc1C(=O)NCCCOC. The first-order valence-corrected chi connectivity index (χ1v) is 9.46. The zero-order valence-corrected chi connectivity index (χ0v) is 17.0. The molecule has 2 amide bonds. The first-order valence-electron chi connectivity index (χ1n) is 8.66. The van der Waals surface area contributed by atoms with Gasteiger partial charge in [0.25, 0.3) is 11.8 Å². The van der Waals surface area contributed by atoms with Gasteiger partial charge >= 0.3 is 0 Å². The van der Waals surface area contributed by atoms with Crippen LogP contribution in [0.15, 0.2) is 46.9 Å². The highest BCUT2D eigenvalue weighted by Crippen LogP contribution is 2.25. The van der Waals surface area contributed by atoms with E-state index in [0.29, 0.717) is 48.7 Å². The lowest BCUT2D eigenvalue weighted by Crippen LogP contribution is -2.26. The summed E-state index contributed by atoms with van der Waals surface area (Å²) < 4.78 is 11.3. The summed E-state index contributed by atoms with van der Waals surface area (Å²) in [6.07, 6.45) is 0.715. The molecule has 144 valence electrons. The molecule has 0 spiro atoms. The maximum atomic E-state index is 12.8. The zero-order chi connectivity index (χ0) is 19.6. The van der Waals surface area contributed by atoms with Crippen molar-refractivity contribution in [1.82, 2.24) is 5.32 Å². The number of benzene rings is 2. The molecule has 27 heavy (non-hydrogen) atoms. The average molecular weight is 435 g/mol. The van der Waals surface area contributed by atoms with E-state index in [-0.39, 0.29) is 11.8 Å². The smallest absolute Gasteiger partial charge is 0.259 e. The molecule has 0 aliphatic carbocycles. The van der Waals surface area contributed by atoms with E-state index in [9.17, 15) is 9.59 Å². The van der Waals surface area contributed by atoms with Gasteiger partial charge in [0.1, 0.15) is 5.75 Å². The van der Waals surface area contributed by atoms with Crippen LogP contribution in [0.1, 0.15) is 34.1 Å². The fourth-order valence-electron chi connectivity index (χ4n) is 2.45. The van der Waals surface area contributed by atoms with Crippen LogP contribution in [0.3, 0.4) is 0 Å². The first-order chi connectivity index (χ1) is 13.1. The Morgan fingerprint density at radius 1 is 1.07 bits per heavy atom. The second-order valence-electron chi connectivity index (χ2n) is 5.68. The summed E-state index contributed by atoms with van der Waals surface area (Å²) in [4.78, 5) is 25.2. The molecule has 0 saturated heterocycles. The third-order valence-corrected chi connectivity index (χ3v) is 4.21. The number of halogens is 1. The summed E-state index contributed by atoms with van der Waals surface area (Å²) in [5.41, 5.74) is 1.23. The van der Waals surface area contributed by atoms with E-state index in [0.717, 1.165) is 4.47 Å². The summed E-state index contributed by atoms with van der Waals surface area (Å²) in [5, 5.41) is 5.64. The lowest BCUT2D eigenvalue weighted by Gasteiger charge is -2.14. The van der Waals surface area contributed by atoms with Crippen LogP contribution in [0.4, 0.5) is 5.69 Å². The van der Waals surface area contributed by atoms with Gasteiger partial charge in [-0.05, 0) is 43.7 Å². The second-order valence-corrected chi connectivity index (χ2v) is 6.59. The summed E-state index contributed by atoms with van der Waals surface area (Å²) in [5.74, 6) is -0.111. The Balaban J connectivity index is 2.17. The topological polar surface area (TPSA) is 76.7 Å². The van der Waals surface area contributed by atoms with Gasteiger partial charge < -0.3 is 20.1 Å². The number of amides is 2. The summed E-state index contributed by atoms with van der Waals surface area (Å²) >= 11 is 3.37. The Morgan fingerprint density at radius 3 is 2.59 bits per heavy atom. The molecule has 2 aromatic carbocycles. The molecule has 0 aliphatic heterocycles. The van der Waals surface area contributed by atoms with Gasteiger partial charge in [-0.25, -0.2) is 0 Å². The van der Waals surface area contributed by atoms with Gasteiger partial charge in [-0.15, -0.1) is 0 Å². The van der Waals surface area contributed by atoms with Crippen LogP contribution in [0.25, 0.3) is 0 Å². The Kier molecular flexibility index (Phi) is 8.29. The van der Waals surface area contributed by atoms with Crippen molar-refractivity contribution < 1.29 is 19.1 Å². The third-order valence-electron chi connectivity index (χ3n) is 3.72. The number of methoxy groups -OCH3 is 1. The van der Waals surface area contributed by atoms with Gasteiger partial charge in [-0.3, -0.25) is 9.59 Å². The van der Waals surface area contributed by atoms with Crippen molar-refractivity contribution in [2.24, 2.45) is 0 Å². The molecule has 6 nitrogen and oxygen atoms in total. The Labute approximate surface area is 167 Å². The van der Waals surface area contributed by atoms with E-state index in [1.165, 1.54) is 0 Å². The van der Waals surface area contributed by atoms with E-state index in [2.05, 4.69) is 26.6 Å². The molecule has 2 N–H and O–H groups in total. The number of anilines is 1. The first kappa shape index (κ1) is 20.9. The minimum absolute atomic E-state index is 0.249. The van der Waals surface area contributed by atoms with Crippen LogP contribution < -0.4 is 15.4 Å². The van der Waals surface area contributed by atoms with Gasteiger partial charge in [-0.2, -0.15) is 0 Å². The number of para-hydroxylation sites is 1. The van der Waals surface area contributed by atoms with Crippen molar-refractivity contribution in [1.29, 1.82) is 0 Å². The predicted molar refractivity (Wildman–Crippen MR) is 109 cm³/mol. The number of carbonyl (C=O) groups excluding carboxylic acids is 2. The minimum Gasteiger partial charge on any atom is -0.493 e. The monoisotopic (exact) mass is 434 g/mol. The number of carbonyl (C=O) groups is 2. The minimum atomic E-state index is -0.348. The molecule has 0 aromatic heterocycles. The highest BCUT2D eigenvalue weighted by Gasteiger charge is 2.17. The largest absolute Gasteiger partial charge is 0.493 e. The molecular formula is C20H23BrN2O4. The van der Waals surface area contributed by atoms with Crippen molar-refractivity contribution in [3.05, 3.63) is 58.1 Å². The van der Waals surface area contributed by atoms with Crippen LogP contribution in [-0.2, 0) is 4.74 Å². The molecule has 0 aliphatic rings. The lowest BCUT2D eigenvalue weighted by molar-refractivity contribution is 0.0949. The Morgan fingerprint density at radius 2 is 1.85 bits per heavy atom. The number of hydrogen-bond acceptors (Lipinski definition) is 4. The molecule has 0 bridgehead atoms. The fraction of sp³-hybridized carbons (Fsp3) is 0.300. The van der Waals surface area contributed by atoms with E-state index in [1.807, 2.05) is 13.0 Å². The van der Waals surface area contributed by atoms with E-state index >= 15 is 0 Å². The number of ether oxygens (including phenoxy) is 2. The van der Waals surface area contributed by atoms with E-state index in [4.69, 9.17) is 9.47 Å². The van der Waals surface area contributed by atoms with Gasteiger partial charge in [0.15, 0.2) is 0 Å². The zero-order valence-electron chi connectivity index (χ0n) is 15.4. The summed E-state index contributed by atoms with van der Waals surface area (Å²) in [7, 11) is 1.62. The maximum Gasteiger partial charge on any atom is 0.259 e. The van der Waals surface area contributed by atoms with Gasteiger partial charge in [-0.1, -0.05) is 28.1 Å². The Bertz CT molecular complexity index is 795. The van der Waals surface area contributed by atoms with Crippen LogP contribution in [0.2, 0.25) is 0 Å². The van der Waals surface area contributed by atoms with E-state index < -0.39 is 0 Å². The van der Waals surface area contributed by atoms with Crippen LogP contribution >= 0.6 is 15.9 Å². The molecule has 0 saturated carbocycles. The Hall–Kier alpha value is -2.38. The normalized spacial score (nSPS) is 10.3. The molecule has 7 heteroatoms. The summed E-state index contributed by atoms with van der Waals surface area (Å²) in [6, 6.07) is 12.1. The average Bonchev–Trinajstić information content (AvgIpc) is 2.67. The molecule has 0 unspecified atom stereocenters. The predicted octanol–water partition coefficient (Wildman–Crippen LogP) is 3.87. The van der Waals surface area contributed by atoms with Crippen LogP contribution in [-0.4, -0.2) is 38.7 Å². The van der Waals surface area contributed by atoms with Crippen molar-refractivity contribution >= 4 is 33.4 Å². The number of nitrogens with one attached hydrogen (secondary N) is 2. The van der Waals surface area contributed by atoms with Crippen molar-refractivity contribution in [2.75, 3.05) is 32.2 Å². The molecule has 2 aromatic rings. The number of hydrogen-bond donors (Lipinski definition) is 2. The van der Waals surface area contributed by atoms with Gasteiger partial charge in [0.05, 0.1) is 23.4 Å². The molecule has 0 radical (unpaired) electrons. The van der Waals surface area contributed by atoms with Crippen molar-refractivity contribution in [3.63, 3.8) is 0 Å². The molecule has 0 fully saturated rings. The van der Waals surface area contributed by atoms with Crippen molar-refractivity contribution in [3.8, 4) is 5.75 Å². The fourth-order valence-corrected chi connectivity index (χ4v) is 2.82. The highest BCUT2D eigenvalue weighted by atomic mass is 79.9. The standard InChI is InChI=1S/C20H23BrN2O4/c1-3-27-18-10-9-14(21)13-16(18)20(25)23-17-8-5-4-7-15(17)19(24)22-11-6-12-26-2/h4-5,7-10,13H,3,6,11-12H2,1-2H3,(H,22,24)(H,23,25). The molecule has 0 atom stereocenters. The number of rotatable bonds is 9. The van der Waals surface area contributed by atoms with Crippen LogP contribution in [0.5, 0.6) is 5.75 Å². The third kappa shape index (κ3) is 6.08. The maximum absolute atomic E-state index is 12.8. The van der Waals surface area contributed by atoms with Crippen LogP contribution in [0, 0.1) is 0 Å². The molecule has 2 rings (SSSR count). The van der Waals surface area contributed by atoms with Gasteiger partial charge in [0, 0.05) is 24.7 Å². The van der Waals surface area contributed by atoms with Gasteiger partial charge in [0.2, 0.25) is 0 Å². The van der Waals surface area contributed by atoms with E-state index in [1.54, 1.807) is 43.5 Å². The molecule has 0 heterocycles. The summed E-state index contributed by atoms with van der Waals surface area (Å²) in [6.45, 7) is 3.37. The van der Waals surface area contributed by atoms with Crippen molar-refractivity contribution in [2.45, 2.75) is 13.3 Å².